The minimum Gasteiger partial charge on any atom is -0.388 e. The number of ether oxygens (including phenoxy) is 1. The van der Waals surface area contributed by atoms with Gasteiger partial charge in [-0.1, -0.05) is 25.1 Å². The molecular weight excluding hydrogens is 258 g/mol. The van der Waals surface area contributed by atoms with Crippen LogP contribution in [-0.2, 0) is 4.74 Å². The topological polar surface area (TPSA) is 51.4 Å². The van der Waals surface area contributed by atoms with Crippen LogP contribution in [0.5, 0.6) is 0 Å². The Hall–Kier alpha value is -1.20. The number of hydrogen-bond donors (Lipinski definition) is 1. The monoisotopic (exact) mass is 277 g/mol. The van der Waals surface area contributed by atoms with Gasteiger partial charge in [0.25, 0.3) is 0 Å². The van der Waals surface area contributed by atoms with Crippen LogP contribution in [0.1, 0.15) is 31.4 Å². The molecule has 5 heteroatoms. The number of rotatable bonds is 2. The maximum absolute atomic E-state index is 5.89. The average Bonchev–Trinajstić information content (AvgIpc) is 2.47. The molecule has 2 unspecified atom stereocenters. The molecule has 2 aliphatic rings. The van der Waals surface area contributed by atoms with Gasteiger partial charge in [-0.25, -0.2) is 0 Å². The summed E-state index contributed by atoms with van der Waals surface area (Å²) >= 11 is 4.94. The molecule has 2 heterocycles. The molecule has 0 bridgehead atoms. The molecule has 2 atom stereocenters. The summed E-state index contributed by atoms with van der Waals surface area (Å²) in [5.41, 5.74) is 7.42. The minimum absolute atomic E-state index is 0.351. The van der Waals surface area contributed by atoms with Crippen molar-refractivity contribution in [1.29, 1.82) is 0 Å². The molecule has 0 aromatic carbocycles. The second-order valence-electron chi connectivity index (χ2n) is 5.22. The van der Waals surface area contributed by atoms with Crippen molar-refractivity contribution in [1.82, 2.24) is 4.98 Å². The summed E-state index contributed by atoms with van der Waals surface area (Å²) in [6.07, 6.45) is 7.23. The maximum Gasteiger partial charge on any atom is 0.122 e. The van der Waals surface area contributed by atoms with Crippen molar-refractivity contribution in [2.75, 3.05) is 18.1 Å². The predicted octanol–water partition coefficient (Wildman–Crippen LogP) is 1.86. The van der Waals surface area contributed by atoms with E-state index in [1.165, 1.54) is 25.7 Å². The van der Waals surface area contributed by atoms with Crippen LogP contribution in [0.25, 0.3) is 0 Å². The van der Waals surface area contributed by atoms with Gasteiger partial charge in [-0.2, -0.15) is 0 Å². The second kappa shape index (κ2) is 5.43. The molecule has 2 N–H and O–H groups in total. The van der Waals surface area contributed by atoms with Gasteiger partial charge >= 0.3 is 0 Å². The summed E-state index contributed by atoms with van der Waals surface area (Å²) in [7, 11) is 0. The van der Waals surface area contributed by atoms with Crippen molar-refractivity contribution in [3.8, 4) is 0 Å². The zero-order chi connectivity index (χ0) is 13.2. The molecule has 19 heavy (non-hydrogen) atoms. The molecule has 4 nitrogen and oxygen atoms in total. The lowest BCUT2D eigenvalue weighted by molar-refractivity contribution is -0.00869. The number of morpholine rings is 1. The van der Waals surface area contributed by atoms with Crippen molar-refractivity contribution >= 4 is 22.9 Å². The molecule has 1 aliphatic heterocycles. The summed E-state index contributed by atoms with van der Waals surface area (Å²) < 4.78 is 5.89. The van der Waals surface area contributed by atoms with Crippen molar-refractivity contribution < 1.29 is 4.74 Å². The van der Waals surface area contributed by atoms with Gasteiger partial charge in [0.2, 0.25) is 0 Å². The number of fused-ring (bicyclic) bond motifs is 1. The number of thiocarbonyl (C=S) groups is 1. The van der Waals surface area contributed by atoms with Gasteiger partial charge in [0.05, 0.1) is 36.3 Å². The van der Waals surface area contributed by atoms with E-state index in [0.29, 0.717) is 22.8 Å². The highest BCUT2D eigenvalue weighted by Gasteiger charge is 2.34. The molecule has 1 saturated carbocycles. The van der Waals surface area contributed by atoms with Crippen LogP contribution in [-0.4, -0.2) is 35.3 Å². The molecule has 1 saturated heterocycles. The first-order valence-corrected chi connectivity index (χ1v) is 7.30. The van der Waals surface area contributed by atoms with E-state index in [4.69, 9.17) is 22.7 Å². The van der Waals surface area contributed by atoms with Crippen LogP contribution >= 0.6 is 12.2 Å². The number of pyridine rings is 1. The van der Waals surface area contributed by atoms with E-state index in [2.05, 4.69) is 16.0 Å². The molecule has 0 radical (unpaired) electrons. The lowest BCUT2D eigenvalue weighted by atomic mass is 9.90. The normalized spacial score (nSPS) is 26.8. The van der Waals surface area contributed by atoms with Crippen molar-refractivity contribution in [3.05, 3.63) is 24.0 Å². The summed E-state index contributed by atoms with van der Waals surface area (Å²) in [5.74, 6) is 0. The molecular formula is C14H19N3OS. The Kier molecular flexibility index (Phi) is 3.66. The van der Waals surface area contributed by atoms with E-state index in [-0.39, 0.29) is 0 Å². The quantitative estimate of drug-likeness (QED) is 0.836. The lowest BCUT2D eigenvalue weighted by Crippen LogP contribution is -2.52. The van der Waals surface area contributed by atoms with Gasteiger partial charge < -0.3 is 15.4 Å². The van der Waals surface area contributed by atoms with Crippen molar-refractivity contribution in [3.63, 3.8) is 0 Å². The second-order valence-corrected chi connectivity index (χ2v) is 5.66. The van der Waals surface area contributed by atoms with Crippen LogP contribution < -0.4 is 10.6 Å². The molecule has 1 aromatic rings. The molecule has 3 rings (SSSR count). The zero-order valence-electron chi connectivity index (χ0n) is 10.9. The summed E-state index contributed by atoms with van der Waals surface area (Å²) in [6, 6.07) is 4.48. The van der Waals surface area contributed by atoms with E-state index in [1.807, 2.05) is 12.3 Å². The Bertz CT molecular complexity index is 460. The van der Waals surface area contributed by atoms with Gasteiger partial charge in [0, 0.05) is 6.54 Å². The number of hydrogen-bond acceptors (Lipinski definition) is 4. The Morgan fingerprint density at radius 2 is 2.21 bits per heavy atom. The maximum atomic E-state index is 5.89. The summed E-state index contributed by atoms with van der Waals surface area (Å²) in [6.45, 7) is 1.74. The third-order valence-corrected chi connectivity index (χ3v) is 4.27. The minimum atomic E-state index is 0.351. The van der Waals surface area contributed by atoms with Crippen LogP contribution in [0, 0.1) is 0 Å². The van der Waals surface area contributed by atoms with E-state index in [1.54, 1.807) is 0 Å². The van der Waals surface area contributed by atoms with E-state index >= 15 is 0 Å². The average molecular weight is 277 g/mol. The molecule has 1 aromatic heterocycles. The molecule has 1 aliphatic carbocycles. The Balaban J connectivity index is 1.81. The smallest absolute Gasteiger partial charge is 0.122 e. The van der Waals surface area contributed by atoms with E-state index < -0.39 is 0 Å². The highest BCUT2D eigenvalue weighted by atomic mass is 32.1. The number of nitrogens with two attached hydrogens (primary N) is 1. The van der Waals surface area contributed by atoms with Crippen molar-refractivity contribution in [2.45, 2.75) is 37.8 Å². The first-order valence-electron chi connectivity index (χ1n) is 6.90. The van der Waals surface area contributed by atoms with Gasteiger partial charge in [-0.05, 0) is 25.0 Å². The van der Waals surface area contributed by atoms with Crippen LogP contribution in [0.4, 0.5) is 5.69 Å². The van der Waals surface area contributed by atoms with Crippen LogP contribution in [0.2, 0.25) is 0 Å². The fraction of sp³-hybridized carbons (Fsp3) is 0.571. The SMILES string of the molecule is NC(=S)c1ccc(N2CCOC3CCCCC32)cn1. The van der Waals surface area contributed by atoms with Gasteiger partial charge in [-0.15, -0.1) is 0 Å². The lowest BCUT2D eigenvalue weighted by Gasteiger charge is -2.45. The first-order chi connectivity index (χ1) is 9.25. The number of anilines is 1. The molecule has 0 spiro atoms. The van der Waals surface area contributed by atoms with Crippen LogP contribution in [0.15, 0.2) is 18.3 Å². The standard InChI is InChI=1S/C14H19N3OS/c15-14(19)11-6-5-10(9-16-11)17-7-8-18-13-4-2-1-3-12(13)17/h5-6,9,12-13H,1-4,7-8H2,(H2,15,19). The van der Waals surface area contributed by atoms with Gasteiger partial charge in [0.15, 0.2) is 0 Å². The van der Waals surface area contributed by atoms with Gasteiger partial charge in [-0.3, -0.25) is 4.98 Å². The van der Waals surface area contributed by atoms with Crippen molar-refractivity contribution in [2.24, 2.45) is 5.73 Å². The van der Waals surface area contributed by atoms with Gasteiger partial charge in [0.1, 0.15) is 4.99 Å². The highest BCUT2D eigenvalue weighted by Crippen LogP contribution is 2.31. The Labute approximate surface area is 118 Å². The summed E-state index contributed by atoms with van der Waals surface area (Å²) in [4.78, 5) is 7.13. The number of aromatic nitrogens is 1. The van der Waals surface area contributed by atoms with E-state index in [0.717, 1.165) is 18.8 Å². The summed E-state index contributed by atoms with van der Waals surface area (Å²) in [5, 5.41) is 0. The molecule has 102 valence electrons. The number of nitrogens with zero attached hydrogens (tertiary/aromatic N) is 2. The third kappa shape index (κ3) is 2.58. The fourth-order valence-corrected chi connectivity index (χ4v) is 3.24. The largest absolute Gasteiger partial charge is 0.388 e. The fourth-order valence-electron chi connectivity index (χ4n) is 3.12. The zero-order valence-corrected chi connectivity index (χ0v) is 11.7. The third-order valence-electron chi connectivity index (χ3n) is 4.06. The Morgan fingerprint density at radius 3 is 2.95 bits per heavy atom. The Morgan fingerprint density at radius 1 is 1.37 bits per heavy atom. The first kappa shape index (κ1) is 12.8. The van der Waals surface area contributed by atoms with E-state index in [9.17, 15) is 0 Å². The highest BCUT2D eigenvalue weighted by molar-refractivity contribution is 7.80. The predicted molar refractivity (Wildman–Crippen MR) is 79.5 cm³/mol. The molecule has 2 fully saturated rings. The molecule has 0 amide bonds. The van der Waals surface area contributed by atoms with Crippen LogP contribution in [0.3, 0.4) is 0 Å².